The molecule has 1 fully saturated rings. The van der Waals surface area contributed by atoms with Crippen LogP contribution in [0.1, 0.15) is 31.7 Å². The fourth-order valence-corrected chi connectivity index (χ4v) is 3.46. The number of carbonyl (C=O) groups excluding carboxylic acids is 1. The van der Waals surface area contributed by atoms with Crippen molar-refractivity contribution in [3.05, 3.63) is 23.8 Å². The van der Waals surface area contributed by atoms with E-state index in [1.165, 1.54) is 0 Å². The third-order valence-electron chi connectivity index (χ3n) is 4.75. The Morgan fingerprint density at radius 2 is 2.11 bits per heavy atom. The van der Waals surface area contributed by atoms with Crippen molar-refractivity contribution in [1.29, 1.82) is 0 Å². The highest BCUT2D eigenvalue weighted by Gasteiger charge is 2.23. The molecule has 1 heterocycles. The number of benzene rings is 1. The Morgan fingerprint density at radius 1 is 1.33 bits per heavy atom. The van der Waals surface area contributed by atoms with Crippen molar-refractivity contribution in [1.82, 2.24) is 10.2 Å². The van der Waals surface area contributed by atoms with E-state index >= 15 is 0 Å². The number of rotatable bonds is 8. The van der Waals surface area contributed by atoms with E-state index in [2.05, 4.69) is 17.1 Å². The number of guanidine groups is 1. The van der Waals surface area contributed by atoms with Crippen LogP contribution in [0, 0.1) is 5.92 Å². The number of nitrogens with one attached hydrogen (secondary N) is 1. The standard InChI is InChI=1S/C20H32N4O3/c1-4-22-20(24-11-5-6-16(14-24)13-19(21)25)23-10-9-15-7-8-17(26-2)18(12-15)27-3/h7-8,12,16H,4-6,9-11,13-14H2,1-3H3,(H2,21,25)(H,22,23). The van der Waals surface area contributed by atoms with Gasteiger partial charge in [0.15, 0.2) is 17.5 Å². The number of amides is 1. The van der Waals surface area contributed by atoms with Gasteiger partial charge in [0.1, 0.15) is 0 Å². The van der Waals surface area contributed by atoms with Gasteiger partial charge in [0.25, 0.3) is 0 Å². The number of carbonyl (C=O) groups is 1. The quantitative estimate of drug-likeness (QED) is 0.533. The molecule has 1 aliphatic heterocycles. The van der Waals surface area contributed by atoms with Crippen molar-refractivity contribution in [2.45, 2.75) is 32.6 Å². The van der Waals surface area contributed by atoms with Gasteiger partial charge >= 0.3 is 0 Å². The van der Waals surface area contributed by atoms with Gasteiger partial charge < -0.3 is 25.4 Å². The van der Waals surface area contributed by atoms with Gasteiger partial charge in [0.05, 0.1) is 14.2 Å². The van der Waals surface area contributed by atoms with Gasteiger partial charge in [-0.05, 0) is 49.8 Å². The molecule has 0 aromatic heterocycles. The van der Waals surface area contributed by atoms with Crippen LogP contribution in [-0.4, -0.2) is 57.2 Å². The topological polar surface area (TPSA) is 89.2 Å². The first kappa shape index (κ1) is 20.9. The number of nitrogens with zero attached hydrogens (tertiary/aromatic N) is 2. The van der Waals surface area contributed by atoms with Crippen LogP contribution in [0.25, 0.3) is 0 Å². The number of nitrogens with two attached hydrogens (primary N) is 1. The van der Waals surface area contributed by atoms with Crippen molar-refractivity contribution < 1.29 is 14.3 Å². The van der Waals surface area contributed by atoms with E-state index < -0.39 is 0 Å². The maximum absolute atomic E-state index is 11.2. The molecule has 0 saturated carbocycles. The summed E-state index contributed by atoms with van der Waals surface area (Å²) in [7, 11) is 3.27. The number of methoxy groups -OCH3 is 2. The summed E-state index contributed by atoms with van der Waals surface area (Å²) in [5.74, 6) is 2.46. The van der Waals surface area contributed by atoms with Crippen molar-refractivity contribution in [2.75, 3.05) is 40.4 Å². The van der Waals surface area contributed by atoms with Crippen LogP contribution >= 0.6 is 0 Å². The first-order chi connectivity index (χ1) is 13.1. The highest BCUT2D eigenvalue weighted by atomic mass is 16.5. The predicted octanol–water partition coefficient (Wildman–Crippen LogP) is 1.80. The van der Waals surface area contributed by atoms with E-state index in [0.29, 0.717) is 18.9 Å². The van der Waals surface area contributed by atoms with Crippen LogP contribution in [0.15, 0.2) is 23.2 Å². The molecule has 2 rings (SSSR count). The summed E-state index contributed by atoms with van der Waals surface area (Å²) < 4.78 is 10.6. The molecule has 1 unspecified atom stereocenters. The summed E-state index contributed by atoms with van der Waals surface area (Å²) in [6, 6.07) is 5.95. The maximum Gasteiger partial charge on any atom is 0.217 e. The van der Waals surface area contributed by atoms with E-state index in [4.69, 9.17) is 20.2 Å². The van der Waals surface area contributed by atoms with Gasteiger partial charge in [-0.2, -0.15) is 0 Å². The molecule has 1 aromatic rings. The summed E-state index contributed by atoms with van der Waals surface area (Å²) in [5.41, 5.74) is 6.52. The minimum absolute atomic E-state index is 0.225. The number of primary amides is 1. The van der Waals surface area contributed by atoms with E-state index in [9.17, 15) is 4.79 Å². The summed E-state index contributed by atoms with van der Waals surface area (Å²) >= 11 is 0. The molecule has 0 radical (unpaired) electrons. The number of piperidine rings is 1. The molecular formula is C20H32N4O3. The monoisotopic (exact) mass is 376 g/mol. The largest absolute Gasteiger partial charge is 0.493 e. The van der Waals surface area contributed by atoms with Crippen LogP contribution in [0.3, 0.4) is 0 Å². The SMILES string of the molecule is CCNC(=NCCc1ccc(OC)c(OC)c1)N1CCCC(CC(N)=O)C1. The molecule has 1 amide bonds. The van der Waals surface area contributed by atoms with Gasteiger partial charge in [0, 0.05) is 32.6 Å². The van der Waals surface area contributed by atoms with E-state index in [-0.39, 0.29) is 5.91 Å². The zero-order valence-electron chi connectivity index (χ0n) is 16.7. The summed E-state index contributed by atoms with van der Waals surface area (Å²) in [4.78, 5) is 18.3. The molecule has 1 saturated heterocycles. The third kappa shape index (κ3) is 6.34. The predicted molar refractivity (Wildman–Crippen MR) is 107 cm³/mol. The second-order valence-electron chi connectivity index (χ2n) is 6.80. The fourth-order valence-electron chi connectivity index (χ4n) is 3.46. The average molecular weight is 377 g/mol. The lowest BCUT2D eigenvalue weighted by atomic mass is 9.95. The van der Waals surface area contributed by atoms with Crippen molar-refractivity contribution in [2.24, 2.45) is 16.6 Å². The molecule has 1 aromatic carbocycles. The van der Waals surface area contributed by atoms with Crippen molar-refractivity contribution in [3.63, 3.8) is 0 Å². The Bertz CT molecular complexity index is 648. The second kappa shape index (κ2) is 10.6. The Hall–Kier alpha value is -2.44. The van der Waals surface area contributed by atoms with Gasteiger partial charge in [-0.3, -0.25) is 9.79 Å². The lowest BCUT2D eigenvalue weighted by molar-refractivity contribution is -0.119. The molecule has 3 N–H and O–H groups in total. The molecule has 1 atom stereocenters. The van der Waals surface area contributed by atoms with E-state index in [1.807, 2.05) is 18.2 Å². The van der Waals surface area contributed by atoms with Crippen molar-refractivity contribution >= 4 is 11.9 Å². The van der Waals surface area contributed by atoms with E-state index in [1.54, 1.807) is 14.2 Å². The Balaban J connectivity index is 1.99. The highest BCUT2D eigenvalue weighted by Crippen LogP contribution is 2.27. The average Bonchev–Trinajstić information content (AvgIpc) is 2.66. The number of aliphatic imine (C=N–C) groups is 1. The molecule has 7 nitrogen and oxygen atoms in total. The van der Waals surface area contributed by atoms with Crippen LogP contribution in [0.2, 0.25) is 0 Å². The first-order valence-electron chi connectivity index (χ1n) is 9.59. The van der Waals surface area contributed by atoms with Gasteiger partial charge in [-0.15, -0.1) is 0 Å². The minimum atomic E-state index is -0.225. The van der Waals surface area contributed by atoms with Crippen LogP contribution in [0.5, 0.6) is 11.5 Å². The maximum atomic E-state index is 11.2. The zero-order chi connectivity index (χ0) is 19.6. The number of hydrogen-bond donors (Lipinski definition) is 2. The van der Waals surface area contributed by atoms with Crippen LogP contribution in [0.4, 0.5) is 0 Å². The first-order valence-corrected chi connectivity index (χ1v) is 9.59. The second-order valence-corrected chi connectivity index (χ2v) is 6.80. The Kier molecular flexibility index (Phi) is 8.23. The van der Waals surface area contributed by atoms with Gasteiger partial charge in [-0.1, -0.05) is 6.07 Å². The lowest BCUT2D eigenvalue weighted by Gasteiger charge is -2.34. The normalized spacial score (nSPS) is 17.5. The van der Waals surface area contributed by atoms with Gasteiger partial charge in [-0.25, -0.2) is 0 Å². The molecule has 0 aliphatic carbocycles. The number of likely N-dealkylation sites (tertiary alicyclic amines) is 1. The van der Waals surface area contributed by atoms with Gasteiger partial charge in [0.2, 0.25) is 5.91 Å². The number of hydrogen-bond acceptors (Lipinski definition) is 4. The van der Waals surface area contributed by atoms with Crippen molar-refractivity contribution in [3.8, 4) is 11.5 Å². The molecule has 150 valence electrons. The van der Waals surface area contributed by atoms with Crippen LogP contribution in [-0.2, 0) is 11.2 Å². The third-order valence-corrected chi connectivity index (χ3v) is 4.75. The molecule has 0 bridgehead atoms. The Labute approximate surface area is 161 Å². The fraction of sp³-hybridized carbons (Fsp3) is 0.600. The molecule has 7 heteroatoms. The summed E-state index contributed by atoms with van der Waals surface area (Å²) in [5, 5.41) is 3.37. The Morgan fingerprint density at radius 3 is 2.78 bits per heavy atom. The molecule has 27 heavy (non-hydrogen) atoms. The lowest BCUT2D eigenvalue weighted by Crippen LogP contribution is -2.47. The zero-order valence-corrected chi connectivity index (χ0v) is 16.7. The van der Waals surface area contributed by atoms with Crippen LogP contribution < -0.4 is 20.5 Å². The summed E-state index contributed by atoms with van der Waals surface area (Å²) in [6.07, 6.45) is 3.36. The molecular weight excluding hydrogens is 344 g/mol. The summed E-state index contributed by atoms with van der Waals surface area (Å²) in [6.45, 7) is 5.33. The smallest absolute Gasteiger partial charge is 0.217 e. The number of ether oxygens (including phenoxy) is 2. The van der Waals surface area contributed by atoms with E-state index in [0.717, 1.165) is 61.9 Å². The minimum Gasteiger partial charge on any atom is -0.493 e. The highest BCUT2D eigenvalue weighted by molar-refractivity contribution is 5.80. The molecule has 1 aliphatic rings. The molecule has 0 spiro atoms.